The molecule has 0 unspecified atom stereocenters. The van der Waals surface area contributed by atoms with Crippen molar-refractivity contribution in [3.63, 3.8) is 0 Å². The van der Waals surface area contributed by atoms with Crippen LogP contribution in [0.2, 0.25) is 0 Å². The Kier molecular flexibility index (Phi) is 4.23. The highest BCUT2D eigenvalue weighted by Gasteiger charge is 2.31. The van der Waals surface area contributed by atoms with E-state index in [0.717, 1.165) is 11.1 Å². The zero-order valence-corrected chi connectivity index (χ0v) is 16.0. The Balaban J connectivity index is 1.68. The average Bonchev–Trinajstić information content (AvgIpc) is 3.09. The van der Waals surface area contributed by atoms with Crippen LogP contribution in [0, 0.1) is 18.7 Å². The van der Waals surface area contributed by atoms with E-state index in [-0.39, 0.29) is 12.5 Å². The smallest absolute Gasteiger partial charge is 0.248 e. The lowest BCUT2D eigenvalue weighted by Crippen LogP contribution is -2.36. The van der Waals surface area contributed by atoms with E-state index in [9.17, 15) is 13.6 Å². The maximum atomic E-state index is 14.8. The van der Waals surface area contributed by atoms with Crippen molar-refractivity contribution in [3.8, 4) is 11.1 Å². The van der Waals surface area contributed by atoms with Gasteiger partial charge in [-0.15, -0.1) is 0 Å². The van der Waals surface area contributed by atoms with E-state index in [1.807, 2.05) is 0 Å². The first-order valence-electron chi connectivity index (χ1n) is 9.40. The Morgan fingerprint density at radius 1 is 1.10 bits per heavy atom. The highest BCUT2D eigenvalue weighted by atomic mass is 19.1. The number of fused-ring (bicyclic) bond motifs is 3. The van der Waals surface area contributed by atoms with Crippen LogP contribution >= 0.6 is 0 Å². The topological polar surface area (TPSA) is 76.3 Å². The summed E-state index contributed by atoms with van der Waals surface area (Å²) in [6.45, 7) is 2.14. The van der Waals surface area contributed by atoms with Crippen LogP contribution in [0.1, 0.15) is 17.0 Å². The van der Waals surface area contributed by atoms with Gasteiger partial charge in [-0.2, -0.15) is 9.49 Å². The standard InChI is InChI=1S/C21H16F2N6O/c1-12-26-11-29(27-12)19-8-17-14-3-4-16(22)21(13-2-5-18(23)24-9-13)15(14)6-7-28(17)20(30)10-25-19/h2-5,8-9,11H,6-7,10H2,1H3. The number of carbonyl (C=O) groups is 1. The largest absolute Gasteiger partial charge is 0.310 e. The van der Waals surface area contributed by atoms with Crippen molar-refractivity contribution in [1.29, 1.82) is 0 Å². The van der Waals surface area contributed by atoms with Gasteiger partial charge in [-0.3, -0.25) is 9.79 Å². The third-order valence-electron chi connectivity index (χ3n) is 5.21. The van der Waals surface area contributed by atoms with Gasteiger partial charge in [0.25, 0.3) is 0 Å². The number of halogens is 2. The van der Waals surface area contributed by atoms with Crippen LogP contribution in [-0.4, -0.2) is 49.5 Å². The summed E-state index contributed by atoms with van der Waals surface area (Å²) in [5.74, 6) is -0.134. The number of benzene rings is 1. The predicted molar refractivity (Wildman–Crippen MR) is 105 cm³/mol. The lowest BCUT2D eigenvalue weighted by atomic mass is 9.88. The monoisotopic (exact) mass is 406 g/mol. The van der Waals surface area contributed by atoms with E-state index < -0.39 is 11.8 Å². The summed E-state index contributed by atoms with van der Waals surface area (Å²) >= 11 is 0. The third-order valence-corrected chi connectivity index (χ3v) is 5.21. The SMILES string of the molecule is Cc1ncn(C2=NCC(=O)N3CCc4c(ccc(F)c4-c4ccc(F)nc4)C3=C2)n1. The summed E-state index contributed by atoms with van der Waals surface area (Å²) in [5.41, 5.74) is 2.95. The minimum absolute atomic E-state index is 0.0144. The molecule has 1 aromatic carbocycles. The van der Waals surface area contributed by atoms with Gasteiger partial charge < -0.3 is 4.90 Å². The van der Waals surface area contributed by atoms with Crippen LogP contribution in [0.5, 0.6) is 0 Å². The van der Waals surface area contributed by atoms with Crippen LogP contribution in [0.25, 0.3) is 16.8 Å². The van der Waals surface area contributed by atoms with E-state index in [2.05, 4.69) is 20.1 Å². The van der Waals surface area contributed by atoms with Crippen molar-refractivity contribution >= 4 is 17.4 Å². The number of allylic oxidation sites excluding steroid dienone is 1. The van der Waals surface area contributed by atoms with Gasteiger partial charge in [0, 0.05) is 35.5 Å². The van der Waals surface area contributed by atoms with Crippen LogP contribution in [0.3, 0.4) is 0 Å². The van der Waals surface area contributed by atoms with Gasteiger partial charge in [0.1, 0.15) is 24.5 Å². The number of aryl methyl sites for hydroxylation is 1. The van der Waals surface area contributed by atoms with Crippen molar-refractivity contribution in [3.05, 3.63) is 71.6 Å². The van der Waals surface area contributed by atoms with Crippen molar-refractivity contribution in [1.82, 2.24) is 24.6 Å². The van der Waals surface area contributed by atoms with E-state index in [0.29, 0.717) is 41.4 Å². The van der Waals surface area contributed by atoms with E-state index >= 15 is 0 Å². The third kappa shape index (κ3) is 2.99. The van der Waals surface area contributed by atoms with Gasteiger partial charge in [-0.25, -0.2) is 19.0 Å². The molecule has 2 aromatic heterocycles. The quantitative estimate of drug-likeness (QED) is 0.582. The molecule has 0 saturated heterocycles. The van der Waals surface area contributed by atoms with Gasteiger partial charge in [0.15, 0.2) is 5.84 Å². The van der Waals surface area contributed by atoms with Crippen LogP contribution in [0.4, 0.5) is 8.78 Å². The number of hydrogen-bond donors (Lipinski definition) is 0. The second kappa shape index (κ2) is 6.94. The van der Waals surface area contributed by atoms with Crippen molar-refractivity contribution in [2.24, 2.45) is 4.99 Å². The molecule has 2 aliphatic heterocycles. The van der Waals surface area contributed by atoms with E-state index in [1.165, 1.54) is 35.4 Å². The number of hydrogen-bond acceptors (Lipinski definition) is 5. The molecule has 0 fully saturated rings. The van der Waals surface area contributed by atoms with Gasteiger partial charge in [0.05, 0.1) is 5.70 Å². The minimum Gasteiger partial charge on any atom is -0.310 e. The molecule has 0 saturated carbocycles. The van der Waals surface area contributed by atoms with Gasteiger partial charge in [-0.1, -0.05) is 0 Å². The molecule has 7 nitrogen and oxygen atoms in total. The number of nitrogens with zero attached hydrogens (tertiary/aromatic N) is 6. The first-order chi connectivity index (χ1) is 14.5. The summed E-state index contributed by atoms with van der Waals surface area (Å²) in [4.78, 5) is 26.5. The molecule has 2 aliphatic rings. The zero-order chi connectivity index (χ0) is 20.8. The molecule has 9 heteroatoms. The first kappa shape index (κ1) is 18.3. The number of carbonyl (C=O) groups excluding carboxylic acids is 1. The molecule has 3 aromatic rings. The van der Waals surface area contributed by atoms with E-state index in [1.54, 1.807) is 24.0 Å². The normalized spacial score (nSPS) is 15.8. The maximum absolute atomic E-state index is 14.8. The molecule has 30 heavy (non-hydrogen) atoms. The molecule has 4 heterocycles. The number of pyridine rings is 1. The molecule has 5 rings (SSSR count). The van der Waals surface area contributed by atoms with Crippen LogP contribution < -0.4 is 0 Å². The number of aromatic nitrogens is 4. The molecule has 150 valence electrons. The molecule has 0 N–H and O–H groups in total. The van der Waals surface area contributed by atoms with Crippen LogP contribution in [-0.2, 0) is 11.2 Å². The summed E-state index contributed by atoms with van der Waals surface area (Å²) < 4.78 is 29.6. The Morgan fingerprint density at radius 2 is 1.97 bits per heavy atom. The molecule has 0 atom stereocenters. The summed E-state index contributed by atoms with van der Waals surface area (Å²) in [7, 11) is 0. The van der Waals surface area contributed by atoms with Crippen LogP contribution in [0.15, 0.2) is 47.9 Å². The Bertz CT molecular complexity index is 1230. The second-order valence-electron chi connectivity index (χ2n) is 7.05. The first-order valence-corrected chi connectivity index (χ1v) is 9.40. The fourth-order valence-electron chi connectivity index (χ4n) is 3.86. The van der Waals surface area contributed by atoms with Crippen molar-refractivity contribution in [2.45, 2.75) is 13.3 Å². The molecular formula is C21H16F2N6O. The van der Waals surface area contributed by atoms with Gasteiger partial charge in [-0.05, 0) is 43.2 Å². The Morgan fingerprint density at radius 3 is 2.70 bits per heavy atom. The lowest BCUT2D eigenvalue weighted by Gasteiger charge is -2.32. The molecule has 0 radical (unpaired) electrons. The average molecular weight is 406 g/mol. The molecular weight excluding hydrogens is 390 g/mol. The highest BCUT2D eigenvalue weighted by Crippen LogP contribution is 2.37. The van der Waals surface area contributed by atoms with Crippen molar-refractivity contribution in [2.75, 3.05) is 13.1 Å². The predicted octanol–water partition coefficient (Wildman–Crippen LogP) is 2.61. The second-order valence-corrected chi connectivity index (χ2v) is 7.05. The van der Waals surface area contributed by atoms with Gasteiger partial charge >= 0.3 is 0 Å². The number of rotatable bonds is 1. The summed E-state index contributed by atoms with van der Waals surface area (Å²) in [6, 6.07) is 5.72. The fraction of sp³-hybridized carbons (Fsp3) is 0.190. The Hall–Kier alpha value is -3.75. The summed E-state index contributed by atoms with van der Waals surface area (Å²) in [5, 5.41) is 4.28. The maximum Gasteiger partial charge on any atom is 0.248 e. The molecule has 0 aliphatic carbocycles. The zero-order valence-electron chi connectivity index (χ0n) is 16.0. The molecule has 0 bridgehead atoms. The Labute approximate surface area is 170 Å². The minimum atomic E-state index is -0.629. The number of aliphatic imine (C=N–C) groups is 1. The fourth-order valence-corrected chi connectivity index (χ4v) is 3.86. The van der Waals surface area contributed by atoms with Gasteiger partial charge in [0.2, 0.25) is 11.9 Å². The molecule has 1 amide bonds. The summed E-state index contributed by atoms with van der Waals surface area (Å²) in [6.07, 6.45) is 5.08. The number of amides is 1. The highest BCUT2D eigenvalue weighted by molar-refractivity contribution is 6.06. The lowest BCUT2D eigenvalue weighted by molar-refractivity contribution is -0.126. The van der Waals surface area contributed by atoms with E-state index in [4.69, 9.17) is 0 Å². The molecule has 0 spiro atoms. The van der Waals surface area contributed by atoms with Crippen molar-refractivity contribution < 1.29 is 13.6 Å².